The van der Waals surface area contributed by atoms with Crippen LogP contribution in [0.5, 0.6) is 0 Å². The van der Waals surface area contributed by atoms with Gasteiger partial charge >= 0.3 is 5.97 Å². The van der Waals surface area contributed by atoms with Crippen LogP contribution >= 0.6 is 0 Å². The molecule has 0 unspecified atom stereocenters. The number of rotatable bonds is 4. The summed E-state index contributed by atoms with van der Waals surface area (Å²) in [6.07, 6.45) is -0.978. The standard InChI is InChI=1S/C14H17NO5/c1-2-20-12(16)8-15-6-5-9-7-10(14(18)19)3-4-11(9)13(15)17/h3-4,7,14,18-19H,2,5-6,8H2,1H3. The van der Waals surface area contributed by atoms with E-state index in [4.69, 9.17) is 14.9 Å². The second-order valence-corrected chi connectivity index (χ2v) is 4.57. The molecule has 0 spiro atoms. The number of nitrogens with zero attached hydrogens (tertiary/aromatic N) is 1. The van der Waals surface area contributed by atoms with Gasteiger partial charge < -0.3 is 19.8 Å². The molecule has 20 heavy (non-hydrogen) atoms. The highest BCUT2D eigenvalue weighted by Crippen LogP contribution is 2.22. The van der Waals surface area contributed by atoms with Crippen LogP contribution in [0.15, 0.2) is 18.2 Å². The Kier molecular flexibility index (Phi) is 4.36. The van der Waals surface area contributed by atoms with Gasteiger partial charge in [-0.2, -0.15) is 0 Å². The van der Waals surface area contributed by atoms with Crippen molar-refractivity contribution in [3.8, 4) is 0 Å². The molecule has 0 aromatic heterocycles. The van der Waals surface area contributed by atoms with Crippen molar-refractivity contribution in [3.63, 3.8) is 0 Å². The number of carbonyl (C=O) groups is 2. The second-order valence-electron chi connectivity index (χ2n) is 4.57. The molecule has 6 nitrogen and oxygen atoms in total. The first-order chi connectivity index (χ1) is 9.52. The van der Waals surface area contributed by atoms with Crippen LogP contribution in [-0.4, -0.2) is 46.7 Å². The van der Waals surface area contributed by atoms with E-state index in [-0.39, 0.29) is 19.1 Å². The highest BCUT2D eigenvalue weighted by Gasteiger charge is 2.26. The SMILES string of the molecule is CCOC(=O)CN1CCc2cc(C(O)O)ccc2C1=O. The third-order valence-electron chi connectivity index (χ3n) is 3.22. The van der Waals surface area contributed by atoms with Crippen LogP contribution in [0.2, 0.25) is 0 Å². The molecule has 1 aliphatic heterocycles. The molecule has 0 aliphatic carbocycles. The Morgan fingerprint density at radius 3 is 2.85 bits per heavy atom. The first-order valence-corrected chi connectivity index (χ1v) is 6.46. The van der Waals surface area contributed by atoms with Gasteiger partial charge in [-0.25, -0.2) is 0 Å². The minimum absolute atomic E-state index is 0.0590. The fourth-order valence-electron chi connectivity index (χ4n) is 2.23. The Hall–Kier alpha value is -1.92. The van der Waals surface area contributed by atoms with Crippen LogP contribution in [-0.2, 0) is 16.0 Å². The molecule has 0 radical (unpaired) electrons. The van der Waals surface area contributed by atoms with Gasteiger partial charge in [0.2, 0.25) is 0 Å². The average Bonchev–Trinajstić information content (AvgIpc) is 2.42. The molecular weight excluding hydrogens is 262 g/mol. The number of hydrogen-bond acceptors (Lipinski definition) is 5. The summed E-state index contributed by atoms with van der Waals surface area (Å²) in [6.45, 7) is 2.36. The first-order valence-electron chi connectivity index (χ1n) is 6.46. The monoisotopic (exact) mass is 279 g/mol. The zero-order valence-electron chi connectivity index (χ0n) is 11.2. The summed E-state index contributed by atoms with van der Waals surface area (Å²) in [6, 6.07) is 4.67. The number of hydrogen-bond donors (Lipinski definition) is 2. The molecule has 1 heterocycles. The van der Waals surface area contributed by atoms with Crippen LogP contribution in [0.25, 0.3) is 0 Å². The van der Waals surface area contributed by atoms with Crippen LogP contribution in [0, 0.1) is 0 Å². The Bertz CT molecular complexity index is 526. The summed E-state index contributed by atoms with van der Waals surface area (Å²) in [5, 5.41) is 18.2. The third kappa shape index (κ3) is 2.97. The number of carbonyl (C=O) groups excluding carboxylic acids is 2. The van der Waals surface area contributed by atoms with E-state index in [0.717, 1.165) is 5.56 Å². The highest BCUT2D eigenvalue weighted by atomic mass is 16.5. The maximum absolute atomic E-state index is 12.2. The van der Waals surface area contributed by atoms with Crippen molar-refractivity contribution in [1.82, 2.24) is 4.90 Å². The quantitative estimate of drug-likeness (QED) is 0.608. The lowest BCUT2D eigenvalue weighted by Gasteiger charge is -2.28. The Balaban J connectivity index is 2.15. The minimum atomic E-state index is -1.55. The Labute approximate surface area is 116 Å². The molecule has 1 aromatic rings. The van der Waals surface area contributed by atoms with Crippen molar-refractivity contribution in [3.05, 3.63) is 34.9 Å². The minimum Gasteiger partial charge on any atom is -0.465 e. The molecule has 0 fully saturated rings. The summed E-state index contributed by atoms with van der Waals surface area (Å²) in [4.78, 5) is 25.1. The molecule has 0 atom stereocenters. The number of esters is 1. The normalized spacial score (nSPS) is 14.4. The summed E-state index contributed by atoms with van der Waals surface area (Å²) in [5.41, 5.74) is 1.61. The van der Waals surface area contributed by atoms with E-state index in [0.29, 0.717) is 24.1 Å². The van der Waals surface area contributed by atoms with Crippen molar-refractivity contribution < 1.29 is 24.5 Å². The van der Waals surface area contributed by atoms with E-state index in [9.17, 15) is 9.59 Å². The van der Waals surface area contributed by atoms with Crippen molar-refractivity contribution in [2.75, 3.05) is 19.7 Å². The third-order valence-corrected chi connectivity index (χ3v) is 3.22. The molecule has 1 aliphatic rings. The largest absolute Gasteiger partial charge is 0.465 e. The topological polar surface area (TPSA) is 87.1 Å². The van der Waals surface area contributed by atoms with E-state index in [1.165, 1.54) is 11.0 Å². The highest BCUT2D eigenvalue weighted by molar-refractivity contribution is 5.98. The summed E-state index contributed by atoms with van der Waals surface area (Å²) >= 11 is 0. The zero-order chi connectivity index (χ0) is 14.7. The van der Waals surface area contributed by atoms with Gasteiger partial charge in [-0.1, -0.05) is 6.07 Å². The van der Waals surface area contributed by atoms with E-state index < -0.39 is 12.3 Å². The van der Waals surface area contributed by atoms with Gasteiger partial charge in [0.1, 0.15) is 6.54 Å². The maximum atomic E-state index is 12.2. The lowest BCUT2D eigenvalue weighted by atomic mass is 9.96. The molecule has 1 amide bonds. The Morgan fingerprint density at radius 2 is 2.20 bits per heavy atom. The fourth-order valence-corrected chi connectivity index (χ4v) is 2.23. The van der Waals surface area contributed by atoms with Crippen molar-refractivity contribution >= 4 is 11.9 Å². The predicted molar refractivity (Wildman–Crippen MR) is 69.9 cm³/mol. The number of ether oxygens (including phenoxy) is 1. The van der Waals surface area contributed by atoms with E-state index in [2.05, 4.69) is 0 Å². The molecular formula is C14H17NO5. The zero-order valence-corrected chi connectivity index (χ0v) is 11.2. The van der Waals surface area contributed by atoms with Gasteiger partial charge in [0, 0.05) is 17.7 Å². The van der Waals surface area contributed by atoms with Crippen molar-refractivity contribution in [1.29, 1.82) is 0 Å². The van der Waals surface area contributed by atoms with Crippen molar-refractivity contribution in [2.45, 2.75) is 19.6 Å². The smallest absolute Gasteiger partial charge is 0.325 e. The van der Waals surface area contributed by atoms with Crippen LogP contribution in [0.4, 0.5) is 0 Å². The van der Waals surface area contributed by atoms with E-state index in [1.807, 2.05) is 0 Å². The lowest BCUT2D eigenvalue weighted by Crippen LogP contribution is -2.41. The molecule has 2 rings (SSSR count). The lowest BCUT2D eigenvalue weighted by molar-refractivity contribution is -0.143. The van der Waals surface area contributed by atoms with Gasteiger partial charge in [0.05, 0.1) is 6.61 Å². The second kappa shape index (κ2) is 6.02. The fraction of sp³-hybridized carbons (Fsp3) is 0.429. The summed E-state index contributed by atoms with van der Waals surface area (Å²) in [5.74, 6) is -0.662. The van der Waals surface area contributed by atoms with Crippen LogP contribution in [0.3, 0.4) is 0 Å². The molecule has 6 heteroatoms. The molecule has 108 valence electrons. The van der Waals surface area contributed by atoms with Crippen molar-refractivity contribution in [2.24, 2.45) is 0 Å². The number of aliphatic hydroxyl groups is 2. The molecule has 0 saturated carbocycles. The average molecular weight is 279 g/mol. The number of benzene rings is 1. The predicted octanol–water partition coefficient (Wildman–Crippen LogP) is 0.231. The van der Waals surface area contributed by atoms with Crippen LogP contribution < -0.4 is 0 Å². The number of amides is 1. The number of aliphatic hydroxyl groups excluding tert-OH is 1. The van der Waals surface area contributed by atoms with Gasteiger partial charge in [-0.15, -0.1) is 0 Å². The maximum Gasteiger partial charge on any atom is 0.325 e. The van der Waals surface area contributed by atoms with Crippen LogP contribution in [0.1, 0.15) is 34.7 Å². The number of fused-ring (bicyclic) bond motifs is 1. The first kappa shape index (κ1) is 14.5. The molecule has 0 bridgehead atoms. The van der Waals surface area contributed by atoms with Gasteiger partial charge in [-0.05, 0) is 31.0 Å². The summed E-state index contributed by atoms with van der Waals surface area (Å²) in [7, 11) is 0. The van der Waals surface area contributed by atoms with Gasteiger partial charge in [-0.3, -0.25) is 9.59 Å². The molecule has 2 N–H and O–H groups in total. The summed E-state index contributed by atoms with van der Waals surface area (Å²) < 4.78 is 4.83. The molecule has 1 aromatic carbocycles. The molecule has 0 saturated heterocycles. The van der Waals surface area contributed by atoms with E-state index >= 15 is 0 Å². The van der Waals surface area contributed by atoms with E-state index in [1.54, 1.807) is 19.1 Å². The Morgan fingerprint density at radius 1 is 1.45 bits per heavy atom. The van der Waals surface area contributed by atoms with Gasteiger partial charge in [0.15, 0.2) is 6.29 Å². The van der Waals surface area contributed by atoms with Gasteiger partial charge in [0.25, 0.3) is 5.91 Å².